The molecule has 100 valence electrons. The fourth-order valence-electron chi connectivity index (χ4n) is 2.13. The smallest absolute Gasteiger partial charge is 0.137 e. The molecule has 1 aromatic rings. The van der Waals surface area contributed by atoms with Crippen molar-refractivity contribution in [3.63, 3.8) is 0 Å². The van der Waals surface area contributed by atoms with Gasteiger partial charge in [0.1, 0.15) is 17.3 Å². The van der Waals surface area contributed by atoms with Gasteiger partial charge in [0.25, 0.3) is 0 Å². The molecule has 1 heterocycles. The van der Waals surface area contributed by atoms with E-state index in [2.05, 4.69) is 21.8 Å². The maximum atomic E-state index is 6.20. The average Bonchev–Trinajstić information content (AvgIpc) is 3.18. The summed E-state index contributed by atoms with van der Waals surface area (Å²) in [6.07, 6.45) is 5.99. The van der Waals surface area contributed by atoms with Crippen molar-refractivity contribution in [1.29, 1.82) is 0 Å². The number of aromatic nitrogens is 2. The predicted octanol–water partition coefficient (Wildman–Crippen LogP) is 2.70. The van der Waals surface area contributed by atoms with E-state index in [0.29, 0.717) is 17.8 Å². The standard InChI is InChI=1S/C13H20ClN3O/c1-3-4-11-12(14)15-9-16-13(11)17(7-8-18-2)10-5-6-10/h9-10H,3-8H2,1-2H3. The van der Waals surface area contributed by atoms with Crippen LogP contribution in [-0.4, -0.2) is 36.3 Å². The first-order valence-corrected chi connectivity index (χ1v) is 6.90. The molecule has 0 amide bonds. The quantitative estimate of drug-likeness (QED) is 0.714. The Bertz CT molecular complexity index is 396. The van der Waals surface area contributed by atoms with Gasteiger partial charge in [0.15, 0.2) is 0 Å². The second-order valence-corrected chi connectivity index (χ2v) is 4.99. The van der Waals surface area contributed by atoms with E-state index in [1.165, 1.54) is 12.8 Å². The van der Waals surface area contributed by atoms with Crippen molar-refractivity contribution in [2.75, 3.05) is 25.2 Å². The molecular weight excluding hydrogens is 250 g/mol. The third kappa shape index (κ3) is 3.12. The maximum Gasteiger partial charge on any atom is 0.137 e. The summed E-state index contributed by atoms with van der Waals surface area (Å²) < 4.78 is 5.18. The van der Waals surface area contributed by atoms with Crippen molar-refractivity contribution in [2.24, 2.45) is 0 Å². The Balaban J connectivity index is 2.25. The van der Waals surface area contributed by atoms with Gasteiger partial charge in [-0.3, -0.25) is 0 Å². The number of rotatable bonds is 7. The lowest BCUT2D eigenvalue weighted by Gasteiger charge is -2.25. The van der Waals surface area contributed by atoms with E-state index in [1.807, 2.05) is 0 Å². The van der Waals surface area contributed by atoms with E-state index in [0.717, 1.165) is 30.8 Å². The summed E-state index contributed by atoms with van der Waals surface area (Å²) in [6.45, 7) is 3.72. The first kappa shape index (κ1) is 13.6. The summed E-state index contributed by atoms with van der Waals surface area (Å²) >= 11 is 6.20. The summed E-state index contributed by atoms with van der Waals surface area (Å²) in [5.41, 5.74) is 1.07. The molecule has 0 aromatic carbocycles. The maximum absolute atomic E-state index is 6.20. The zero-order valence-corrected chi connectivity index (χ0v) is 11.8. The fourth-order valence-corrected chi connectivity index (χ4v) is 2.35. The normalized spacial score (nSPS) is 14.8. The van der Waals surface area contributed by atoms with Gasteiger partial charge in [-0.15, -0.1) is 0 Å². The molecular formula is C13H20ClN3O. The SMILES string of the molecule is CCCc1c(Cl)ncnc1N(CCOC)C1CC1. The molecule has 0 N–H and O–H groups in total. The zero-order valence-electron chi connectivity index (χ0n) is 11.0. The van der Waals surface area contributed by atoms with Gasteiger partial charge in [-0.25, -0.2) is 9.97 Å². The Kier molecular flexibility index (Phi) is 4.78. The molecule has 0 unspecified atom stereocenters. The molecule has 5 heteroatoms. The minimum atomic E-state index is 0.588. The Morgan fingerprint density at radius 1 is 1.44 bits per heavy atom. The molecule has 0 aliphatic heterocycles. The predicted molar refractivity (Wildman–Crippen MR) is 73.3 cm³/mol. The van der Waals surface area contributed by atoms with E-state index in [1.54, 1.807) is 13.4 Å². The van der Waals surface area contributed by atoms with Crippen LogP contribution in [0.3, 0.4) is 0 Å². The summed E-state index contributed by atoms with van der Waals surface area (Å²) in [6, 6.07) is 0.599. The van der Waals surface area contributed by atoms with Crippen LogP contribution in [0.1, 0.15) is 31.7 Å². The summed E-state index contributed by atoms with van der Waals surface area (Å²) in [4.78, 5) is 10.9. The van der Waals surface area contributed by atoms with Gasteiger partial charge in [-0.05, 0) is 19.3 Å². The van der Waals surface area contributed by atoms with Crippen LogP contribution in [0.25, 0.3) is 0 Å². The lowest BCUT2D eigenvalue weighted by Crippen LogP contribution is -2.31. The molecule has 1 aromatic heterocycles. The molecule has 0 bridgehead atoms. The van der Waals surface area contributed by atoms with E-state index in [9.17, 15) is 0 Å². The molecule has 1 saturated carbocycles. The van der Waals surface area contributed by atoms with Crippen LogP contribution >= 0.6 is 11.6 Å². The monoisotopic (exact) mass is 269 g/mol. The molecule has 1 fully saturated rings. The van der Waals surface area contributed by atoms with Gasteiger partial charge in [-0.1, -0.05) is 24.9 Å². The van der Waals surface area contributed by atoms with Crippen molar-refractivity contribution in [2.45, 2.75) is 38.6 Å². The highest BCUT2D eigenvalue weighted by atomic mass is 35.5. The number of methoxy groups -OCH3 is 1. The second-order valence-electron chi connectivity index (χ2n) is 4.63. The molecule has 0 saturated heterocycles. The number of ether oxygens (including phenoxy) is 1. The molecule has 4 nitrogen and oxygen atoms in total. The number of anilines is 1. The van der Waals surface area contributed by atoms with Crippen molar-refractivity contribution in [1.82, 2.24) is 9.97 Å². The highest BCUT2D eigenvalue weighted by Gasteiger charge is 2.31. The number of hydrogen-bond donors (Lipinski definition) is 0. The van der Waals surface area contributed by atoms with Gasteiger partial charge >= 0.3 is 0 Å². The van der Waals surface area contributed by atoms with Crippen LogP contribution in [0, 0.1) is 0 Å². The van der Waals surface area contributed by atoms with Crippen LogP contribution in [0.4, 0.5) is 5.82 Å². The highest BCUT2D eigenvalue weighted by Crippen LogP contribution is 2.34. The molecule has 0 atom stereocenters. The Labute approximate surface area is 113 Å². The largest absolute Gasteiger partial charge is 0.383 e. The van der Waals surface area contributed by atoms with Crippen LogP contribution in [0.15, 0.2) is 6.33 Å². The summed E-state index contributed by atoms with van der Waals surface area (Å²) in [5, 5.41) is 0.588. The molecule has 18 heavy (non-hydrogen) atoms. The third-order valence-corrected chi connectivity index (χ3v) is 3.49. The van der Waals surface area contributed by atoms with Gasteiger partial charge in [-0.2, -0.15) is 0 Å². The van der Waals surface area contributed by atoms with Gasteiger partial charge in [0, 0.05) is 25.3 Å². The van der Waals surface area contributed by atoms with Gasteiger partial charge in [0.05, 0.1) is 6.61 Å². The van der Waals surface area contributed by atoms with Crippen molar-refractivity contribution in [3.8, 4) is 0 Å². The first-order chi connectivity index (χ1) is 8.77. The van der Waals surface area contributed by atoms with E-state index in [-0.39, 0.29) is 0 Å². The van der Waals surface area contributed by atoms with Crippen LogP contribution in [0.2, 0.25) is 5.15 Å². The first-order valence-electron chi connectivity index (χ1n) is 6.52. The van der Waals surface area contributed by atoms with Crippen molar-refractivity contribution >= 4 is 17.4 Å². The average molecular weight is 270 g/mol. The Morgan fingerprint density at radius 3 is 2.83 bits per heavy atom. The number of hydrogen-bond acceptors (Lipinski definition) is 4. The number of nitrogens with zero attached hydrogens (tertiary/aromatic N) is 3. The van der Waals surface area contributed by atoms with Gasteiger partial charge in [0.2, 0.25) is 0 Å². The molecule has 1 aliphatic rings. The van der Waals surface area contributed by atoms with Crippen LogP contribution in [-0.2, 0) is 11.2 Å². The summed E-state index contributed by atoms with van der Waals surface area (Å²) in [5.74, 6) is 0.997. The van der Waals surface area contributed by atoms with Crippen molar-refractivity contribution < 1.29 is 4.74 Å². The zero-order chi connectivity index (χ0) is 13.0. The molecule has 0 radical (unpaired) electrons. The highest BCUT2D eigenvalue weighted by molar-refractivity contribution is 6.30. The summed E-state index contributed by atoms with van der Waals surface area (Å²) in [7, 11) is 1.73. The topological polar surface area (TPSA) is 38.2 Å². The number of halogens is 1. The minimum Gasteiger partial charge on any atom is -0.383 e. The Hall–Kier alpha value is -0.870. The molecule has 2 rings (SSSR count). The lowest BCUT2D eigenvalue weighted by molar-refractivity contribution is 0.204. The van der Waals surface area contributed by atoms with Crippen molar-refractivity contribution in [3.05, 3.63) is 17.0 Å². The Morgan fingerprint density at radius 2 is 2.22 bits per heavy atom. The van der Waals surface area contributed by atoms with E-state index in [4.69, 9.17) is 16.3 Å². The van der Waals surface area contributed by atoms with Gasteiger partial charge < -0.3 is 9.64 Å². The lowest BCUT2D eigenvalue weighted by atomic mass is 10.1. The second kappa shape index (κ2) is 6.34. The molecule has 0 spiro atoms. The van der Waals surface area contributed by atoms with E-state index >= 15 is 0 Å². The van der Waals surface area contributed by atoms with Crippen LogP contribution < -0.4 is 4.90 Å². The minimum absolute atomic E-state index is 0.588. The fraction of sp³-hybridized carbons (Fsp3) is 0.692. The van der Waals surface area contributed by atoms with E-state index < -0.39 is 0 Å². The van der Waals surface area contributed by atoms with Crippen LogP contribution in [0.5, 0.6) is 0 Å². The molecule has 1 aliphatic carbocycles. The third-order valence-electron chi connectivity index (χ3n) is 3.17.